The minimum Gasteiger partial charge on any atom is -0.497 e. The Balaban J connectivity index is 1.75. The number of halogens is 1. The SMILES string of the molecule is COc1cccc(C=NNC(=O)CCC(=O)Nc2ccccc2Br)c1. The van der Waals surface area contributed by atoms with Gasteiger partial charge in [0.05, 0.1) is 19.0 Å². The van der Waals surface area contributed by atoms with Crippen LogP contribution in [-0.2, 0) is 9.59 Å². The second-order valence-corrected chi connectivity index (χ2v) is 5.95. The van der Waals surface area contributed by atoms with Gasteiger partial charge in [-0.25, -0.2) is 5.43 Å². The van der Waals surface area contributed by atoms with Gasteiger partial charge in [0.25, 0.3) is 0 Å². The van der Waals surface area contributed by atoms with Crippen LogP contribution in [0.15, 0.2) is 58.1 Å². The van der Waals surface area contributed by atoms with E-state index >= 15 is 0 Å². The van der Waals surface area contributed by atoms with Gasteiger partial charge in [0.2, 0.25) is 11.8 Å². The van der Waals surface area contributed by atoms with Crippen LogP contribution >= 0.6 is 15.9 Å². The third-order valence-electron chi connectivity index (χ3n) is 3.22. The molecule has 0 saturated carbocycles. The molecule has 2 aromatic rings. The maximum absolute atomic E-state index is 11.9. The Morgan fingerprint density at radius 1 is 1.12 bits per heavy atom. The molecule has 0 aromatic heterocycles. The molecule has 0 bridgehead atoms. The standard InChI is InChI=1S/C18H18BrN3O3/c1-25-14-6-4-5-13(11-14)12-20-22-18(24)10-9-17(23)21-16-8-3-2-7-15(16)19/h2-8,11-12H,9-10H2,1H3,(H,21,23)(H,22,24). The number of rotatable bonds is 7. The van der Waals surface area contributed by atoms with Crippen molar-refractivity contribution < 1.29 is 14.3 Å². The molecule has 6 nitrogen and oxygen atoms in total. The van der Waals surface area contributed by atoms with Gasteiger partial charge < -0.3 is 10.1 Å². The number of amides is 2. The number of carbonyl (C=O) groups excluding carboxylic acids is 2. The van der Waals surface area contributed by atoms with Crippen LogP contribution in [0.5, 0.6) is 5.75 Å². The third-order valence-corrected chi connectivity index (χ3v) is 3.92. The molecule has 0 saturated heterocycles. The molecule has 7 heteroatoms. The Labute approximate surface area is 154 Å². The van der Waals surface area contributed by atoms with Crippen LogP contribution in [0.4, 0.5) is 5.69 Å². The Morgan fingerprint density at radius 2 is 1.88 bits per heavy atom. The number of para-hydroxylation sites is 1. The molecular formula is C18H18BrN3O3. The number of anilines is 1. The molecule has 0 aliphatic carbocycles. The molecule has 0 spiro atoms. The fraction of sp³-hybridized carbons (Fsp3) is 0.167. The molecule has 0 aliphatic rings. The van der Waals surface area contributed by atoms with Crippen molar-refractivity contribution in [2.24, 2.45) is 5.10 Å². The monoisotopic (exact) mass is 403 g/mol. The molecule has 130 valence electrons. The number of benzene rings is 2. The number of nitrogens with zero attached hydrogens (tertiary/aromatic N) is 1. The maximum atomic E-state index is 11.9. The molecule has 0 heterocycles. The zero-order chi connectivity index (χ0) is 18.1. The number of ether oxygens (including phenoxy) is 1. The second kappa shape index (κ2) is 9.58. The Morgan fingerprint density at radius 3 is 2.64 bits per heavy atom. The first-order chi connectivity index (χ1) is 12.1. The van der Waals surface area contributed by atoms with Crippen molar-refractivity contribution in [2.45, 2.75) is 12.8 Å². The van der Waals surface area contributed by atoms with E-state index in [-0.39, 0.29) is 24.7 Å². The Hall–Kier alpha value is -2.67. The molecule has 2 amide bonds. The lowest BCUT2D eigenvalue weighted by atomic mass is 10.2. The molecule has 2 N–H and O–H groups in total. The molecule has 0 fully saturated rings. The Kier molecular flexibility index (Phi) is 7.16. The van der Waals surface area contributed by atoms with Crippen LogP contribution in [0.3, 0.4) is 0 Å². The average molecular weight is 404 g/mol. The van der Waals surface area contributed by atoms with Crippen LogP contribution in [0, 0.1) is 0 Å². The van der Waals surface area contributed by atoms with Gasteiger partial charge in [-0.15, -0.1) is 0 Å². The summed E-state index contributed by atoms with van der Waals surface area (Å²) in [5.41, 5.74) is 3.87. The van der Waals surface area contributed by atoms with Gasteiger partial charge in [-0.2, -0.15) is 5.10 Å². The van der Waals surface area contributed by atoms with Gasteiger partial charge >= 0.3 is 0 Å². The minimum atomic E-state index is -0.332. The number of carbonyl (C=O) groups is 2. The minimum absolute atomic E-state index is 0.0474. The predicted octanol–water partition coefficient (Wildman–Crippen LogP) is 3.33. The van der Waals surface area contributed by atoms with E-state index in [1.54, 1.807) is 19.2 Å². The maximum Gasteiger partial charge on any atom is 0.240 e. The number of methoxy groups -OCH3 is 1. The fourth-order valence-electron chi connectivity index (χ4n) is 1.96. The zero-order valence-corrected chi connectivity index (χ0v) is 15.2. The first-order valence-corrected chi connectivity index (χ1v) is 8.38. The lowest BCUT2D eigenvalue weighted by Crippen LogP contribution is -2.20. The van der Waals surface area contributed by atoms with Gasteiger partial charge in [-0.05, 0) is 45.8 Å². The smallest absolute Gasteiger partial charge is 0.240 e. The van der Waals surface area contributed by atoms with Gasteiger partial charge in [-0.3, -0.25) is 9.59 Å². The summed E-state index contributed by atoms with van der Waals surface area (Å²) in [4.78, 5) is 23.6. The molecule has 2 aromatic carbocycles. The van der Waals surface area contributed by atoms with E-state index in [1.807, 2.05) is 36.4 Å². The molecule has 2 rings (SSSR count). The fourth-order valence-corrected chi connectivity index (χ4v) is 2.34. The van der Waals surface area contributed by atoms with E-state index in [4.69, 9.17) is 4.74 Å². The van der Waals surface area contributed by atoms with Gasteiger partial charge in [0.1, 0.15) is 5.75 Å². The third kappa shape index (κ3) is 6.39. The van der Waals surface area contributed by atoms with Crippen molar-refractivity contribution in [3.63, 3.8) is 0 Å². The summed E-state index contributed by atoms with van der Waals surface area (Å²) in [7, 11) is 1.58. The van der Waals surface area contributed by atoms with Crippen LogP contribution in [0.2, 0.25) is 0 Å². The normalized spacial score (nSPS) is 10.5. The summed E-state index contributed by atoms with van der Waals surface area (Å²) in [5, 5.41) is 6.62. The average Bonchev–Trinajstić information content (AvgIpc) is 2.62. The summed E-state index contributed by atoms with van der Waals surface area (Å²) in [6, 6.07) is 14.6. The highest BCUT2D eigenvalue weighted by atomic mass is 79.9. The molecule has 0 unspecified atom stereocenters. The van der Waals surface area contributed by atoms with E-state index in [2.05, 4.69) is 31.8 Å². The second-order valence-electron chi connectivity index (χ2n) is 5.10. The van der Waals surface area contributed by atoms with Gasteiger partial charge in [0, 0.05) is 17.3 Å². The Bertz CT molecular complexity index is 778. The van der Waals surface area contributed by atoms with E-state index in [9.17, 15) is 9.59 Å². The topological polar surface area (TPSA) is 79.8 Å². The molecule has 0 radical (unpaired) electrons. The van der Waals surface area contributed by atoms with Crippen LogP contribution in [-0.4, -0.2) is 25.1 Å². The highest BCUT2D eigenvalue weighted by Gasteiger charge is 2.08. The first-order valence-electron chi connectivity index (χ1n) is 7.59. The summed E-state index contributed by atoms with van der Waals surface area (Å²) >= 11 is 3.35. The van der Waals surface area contributed by atoms with Crippen molar-refractivity contribution >= 4 is 39.6 Å². The lowest BCUT2D eigenvalue weighted by Gasteiger charge is -2.06. The van der Waals surface area contributed by atoms with E-state index in [1.165, 1.54) is 6.21 Å². The van der Waals surface area contributed by atoms with Crippen LogP contribution in [0.1, 0.15) is 18.4 Å². The number of hydrogen-bond acceptors (Lipinski definition) is 4. The largest absolute Gasteiger partial charge is 0.497 e. The number of nitrogens with one attached hydrogen (secondary N) is 2. The highest BCUT2D eigenvalue weighted by molar-refractivity contribution is 9.10. The molecule has 0 atom stereocenters. The van der Waals surface area contributed by atoms with Gasteiger partial charge in [-0.1, -0.05) is 24.3 Å². The van der Waals surface area contributed by atoms with Crippen molar-refractivity contribution in [1.29, 1.82) is 0 Å². The summed E-state index contributed by atoms with van der Waals surface area (Å²) in [6.45, 7) is 0. The number of hydrogen-bond donors (Lipinski definition) is 2. The van der Waals surface area contributed by atoms with Crippen molar-refractivity contribution in [1.82, 2.24) is 5.43 Å². The first kappa shape index (κ1) is 18.7. The van der Waals surface area contributed by atoms with E-state index < -0.39 is 0 Å². The molecule has 0 aliphatic heterocycles. The quantitative estimate of drug-likeness (QED) is 0.549. The number of hydrazone groups is 1. The van der Waals surface area contributed by atoms with Crippen molar-refractivity contribution in [3.05, 3.63) is 58.6 Å². The molecular weight excluding hydrogens is 386 g/mol. The van der Waals surface area contributed by atoms with Crippen molar-refractivity contribution in [2.75, 3.05) is 12.4 Å². The van der Waals surface area contributed by atoms with Crippen LogP contribution in [0.25, 0.3) is 0 Å². The van der Waals surface area contributed by atoms with Crippen molar-refractivity contribution in [3.8, 4) is 5.75 Å². The summed E-state index contributed by atoms with van der Waals surface area (Å²) < 4.78 is 5.90. The van der Waals surface area contributed by atoms with Crippen LogP contribution < -0.4 is 15.5 Å². The molecule has 25 heavy (non-hydrogen) atoms. The predicted molar refractivity (Wildman–Crippen MR) is 101 cm³/mol. The van der Waals surface area contributed by atoms with Gasteiger partial charge in [0.15, 0.2) is 0 Å². The summed E-state index contributed by atoms with van der Waals surface area (Å²) in [5.74, 6) is 0.138. The lowest BCUT2D eigenvalue weighted by molar-refractivity contribution is -0.124. The van der Waals surface area contributed by atoms with E-state index in [0.717, 1.165) is 10.0 Å². The zero-order valence-electron chi connectivity index (χ0n) is 13.7. The summed E-state index contributed by atoms with van der Waals surface area (Å²) in [6.07, 6.45) is 1.63. The highest BCUT2D eigenvalue weighted by Crippen LogP contribution is 2.21. The van der Waals surface area contributed by atoms with E-state index in [0.29, 0.717) is 11.4 Å².